The summed E-state index contributed by atoms with van der Waals surface area (Å²) in [4.78, 5) is 12.1. The monoisotopic (exact) mass is 406 g/mol. The number of carbonyl (C=O) groups is 1. The first-order valence-electron chi connectivity index (χ1n) is 7.74. The molecule has 0 radical (unpaired) electrons. The quantitative estimate of drug-likeness (QED) is 0.658. The molecule has 1 aromatic heterocycles. The van der Waals surface area contributed by atoms with Crippen LogP contribution in [0, 0.1) is 12.7 Å². The van der Waals surface area contributed by atoms with Crippen LogP contribution in [0.4, 0.5) is 15.2 Å². The Bertz CT molecular complexity index is 1100. The number of nitrogens with zero attached hydrogens (tertiary/aromatic N) is 3. The Balaban J connectivity index is 1.82. The number of halogens is 1. The van der Waals surface area contributed by atoms with E-state index < -0.39 is 21.7 Å². The minimum Gasteiger partial charge on any atom is -0.296 e. The third-order valence-electron chi connectivity index (χ3n) is 3.69. The number of amides is 1. The second-order valence-corrected chi connectivity index (χ2v) is 8.74. The van der Waals surface area contributed by atoms with Gasteiger partial charge in [-0.25, -0.2) is 4.39 Å². The van der Waals surface area contributed by atoms with Gasteiger partial charge in [0.05, 0.1) is 11.3 Å². The predicted molar refractivity (Wildman–Crippen MR) is 101 cm³/mol. The van der Waals surface area contributed by atoms with E-state index in [4.69, 9.17) is 0 Å². The van der Waals surface area contributed by atoms with E-state index in [0.717, 1.165) is 15.9 Å². The number of hydrogen-bond donors (Lipinski definition) is 1. The molecule has 0 atom stereocenters. The molecular weight excluding hydrogens is 391 g/mol. The van der Waals surface area contributed by atoms with Crippen molar-refractivity contribution in [3.63, 3.8) is 0 Å². The first-order chi connectivity index (χ1) is 12.8. The number of benzene rings is 2. The average molecular weight is 406 g/mol. The lowest BCUT2D eigenvalue weighted by Gasteiger charge is -2.17. The molecular formula is C17H15FN4O3S2. The van der Waals surface area contributed by atoms with Crippen molar-refractivity contribution < 1.29 is 17.6 Å². The number of aromatic nitrogens is 2. The van der Waals surface area contributed by atoms with Gasteiger partial charge in [0.1, 0.15) is 5.82 Å². The summed E-state index contributed by atoms with van der Waals surface area (Å²) in [6.07, 6.45) is 0. The molecule has 1 heterocycles. The number of sulfonamides is 1. The van der Waals surface area contributed by atoms with Crippen molar-refractivity contribution in [3.8, 4) is 0 Å². The number of hydrogen-bond acceptors (Lipinski definition) is 6. The fourth-order valence-corrected chi connectivity index (χ4v) is 4.49. The first kappa shape index (κ1) is 18.9. The maximum Gasteiger partial charge on any atom is 0.293 e. The second kappa shape index (κ2) is 7.41. The molecule has 140 valence electrons. The van der Waals surface area contributed by atoms with Crippen LogP contribution >= 0.6 is 11.3 Å². The molecule has 0 aliphatic rings. The molecule has 0 fully saturated rings. The topological polar surface area (TPSA) is 92.3 Å². The number of rotatable bonds is 5. The van der Waals surface area contributed by atoms with Crippen molar-refractivity contribution in [3.05, 3.63) is 65.5 Å². The molecule has 0 saturated carbocycles. The van der Waals surface area contributed by atoms with Gasteiger partial charge in [-0.1, -0.05) is 35.6 Å². The molecule has 0 aliphatic carbocycles. The highest BCUT2D eigenvalue weighted by Crippen LogP contribution is 2.27. The van der Waals surface area contributed by atoms with E-state index in [-0.39, 0.29) is 15.0 Å². The smallest absolute Gasteiger partial charge is 0.293 e. The van der Waals surface area contributed by atoms with Crippen molar-refractivity contribution in [2.24, 2.45) is 0 Å². The molecule has 1 amide bonds. The van der Waals surface area contributed by atoms with Gasteiger partial charge in [-0.15, -0.1) is 10.2 Å². The number of anilines is 2. The van der Waals surface area contributed by atoms with Crippen LogP contribution < -0.4 is 9.62 Å². The summed E-state index contributed by atoms with van der Waals surface area (Å²) < 4.78 is 39.9. The van der Waals surface area contributed by atoms with Gasteiger partial charge in [0.15, 0.2) is 0 Å². The molecule has 1 N–H and O–H groups in total. The summed E-state index contributed by atoms with van der Waals surface area (Å²) in [5.74, 6) is -1.42. The molecule has 0 saturated heterocycles. The summed E-state index contributed by atoms with van der Waals surface area (Å²) in [7, 11) is -2.54. The highest BCUT2D eigenvalue weighted by atomic mass is 32.2. The zero-order chi connectivity index (χ0) is 19.6. The van der Waals surface area contributed by atoms with Crippen LogP contribution in [0.2, 0.25) is 0 Å². The van der Waals surface area contributed by atoms with Gasteiger partial charge in [0.25, 0.3) is 20.3 Å². The molecule has 0 bridgehead atoms. The molecule has 10 heteroatoms. The van der Waals surface area contributed by atoms with E-state index in [9.17, 15) is 17.6 Å². The normalized spacial score (nSPS) is 11.2. The zero-order valence-electron chi connectivity index (χ0n) is 14.4. The van der Waals surface area contributed by atoms with Gasteiger partial charge in [-0.05, 0) is 36.8 Å². The Morgan fingerprint density at radius 1 is 1.15 bits per heavy atom. The first-order valence-corrected chi connectivity index (χ1v) is 9.99. The van der Waals surface area contributed by atoms with Gasteiger partial charge in [0, 0.05) is 7.05 Å². The summed E-state index contributed by atoms with van der Waals surface area (Å²) in [5, 5.41) is 9.66. The van der Waals surface area contributed by atoms with Crippen LogP contribution in [0.5, 0.6) is 0 Å². The fraction of sp³-hybridized carbons (Fsp3) is 0.118. The lowest BCUT2D eigenvalue weighted by atomic mass is 10.2. The van der Waals surface area contributed by atoms with Crippen molar-refractivity contribution in [2.45, 2.75) is 11.3 Å². The van der Waals surface area contributed by atoms with Crippen molar-refractivity contribution in [1.82, 2.24) is 10.2 Å². The van der Waals surface area contributed by atoms with Gasteiger partial charge in [0.2, 0.25) is 5.13 Å². The van der Waals surface area contributed by atoms with Crippen molar-refractivity contribution in [2.75, 3.05) is 16.7 Å². The van der Waals surface area contributed by atoms with Crippen LogP contribution in [-0.2, 0) is 10.0 Å². The molecule has 2 aromatic carbocycles. The molecule has 27 heavy (non-hydrogen) atoms. The maximum absolute atomic E-state index is 13.7. The second-order valence-electron chi connectivity index (χ2n) is 5.62. The van der Waals surface area contributed by atoms with E-state index >= 15 is 0 Å². The summed E-state index contributed by atoms with van der Waals surface area (Å²) in [5.41, 5.74) is 1.21. The molecule has 0 unspecified atom stereocenters. The standard InChI is InChI=1S/C17H15FN4O3S2/c1-11-6-5-7-12(10-11)22(2)27(24,25)17-21-20-16(26-17)19-15(23)13-8-3-4-9-14(13)18/h3-10H,1-2H3,(H,19,20,23). The molecule has 3 rings (SSSR count). The number of carbonyl (C=O) groups excluding carboxylic acids is 1. The van der Waals surface area contributed by atoms with E-state index in [1.54, 1.807) is 18.2 Å². The minimum absolute atomic E-state index is 0.0422. The highest BCUT2D eigenvalue weighted by molar-refractivity contribution is 7.94. The Morgan fingerprint density at radius 2 is 1.89 bits per heavy atom. The van der Waals surface area contributed by atoms with Crippen LogP contribution in [0.1, 0.15) is 15.9 Å². The Labute approximate surface area is 159 Å². The minimum atomic E-state index is -3.94. The number of aryl methyl sites for hydroxylation is 1. The predicted octanol–water partition coefficient (Wildman–Crippen LogP) is 3.06. The van der Waals surface area contributed by atoms with E-state index in [2.05, 4.69) is 15.5 Å². The SMILES string of the molecule is Cc1cccc(N(C)S(=O)(=O)c2nnc(NC(=O)c3ccccc3F)s2)c1. The average Bonchev–Trinajstić information content (AvgIpc) is 3.10. The molecule has 3 aromatic rings. The van der Waals surface area contributed by atoms with Gasteiger partial charge >= 0.3 is 0 Å². The third kappa shape index (κ3) is 3.96. The molecule has 7 nitrogen and oxygen atoms in total. The summed E-state index contributed by atoms with van der Waals surface area (Å²) >= 11 is 0.690. The maximum atomic E-state index is 13.7. The van der Waals surface area contributed by atoms with Crippen LogP contribution in [0.3, 0.4) is 0 Å². The summed E-state index contributed by atoms with van der Waals surface area (Å²) in [6.45, 7) is 1.85. The Hall–Kier alpha value is -2.85. The van der Waals surface area contributed by atoms with Crippen LogP contribution in [0.25, 0.3) is 0 Å². The van der Waals surface area contributed by atoms with Gasteiger partial charge in [-0.2, -0.15) is 8.42 Å². The third-order valence-corrected chi connectivity index (χ3v) is 6.66. The van der Waals surface area contributed by atoms with Crippen LogP contribution in [0.15, 0.2) is 52.9 Å². The summed E-state index contributed by atoms with van der Waals surface area (Å²) in [6, 6.07) is 12.4. The van der Waals surface area contributed by atoms with E-state index in [0.29, 0.717) is 17.0 Å². The number of nitrogens with one attached hydrogen (secondary N) is 1. The lowest BCUT2D eigenvalue weighted by Crippen LogP contribution is -2.26. The zero-order valence-corrected chi connectivity index (χ0v) is 16.0. The Kier molecular flexibility index (Phi) is 5.19. The van der Waals surface area contributed by atoms with Crippen molar-refractivity contribution >= 4 is 38.1 Å². The van der Waals surface area contributed by atoms with E-state index in [1.165, 1.54) is 25.2 Å². The fourth-order valence-electron chi connectivity index (χ4n) is 2.25. The van der Waals surface area contributed by atoms with Gasteiger partial charge in [-0.3, -0.25) is 14.4 Å². The van der Waals surface area contributed by atoms with E-state index in [1.807, 2.05) is 13.0 Å². The van der Waals surface area contributed by atoms with Crippen LogP contribution in [-0.4, -0.2) is 31.6 Å². The largest absolute Gasteiger partial charge is 0.296 e. The molecule has 0 aliphatic heterocycles. The lowest BCUT2D eigenvalue weighted by molar-refractivity contribution is 0.102. The Morgan fingerprint density at radius 3 is 2.59 bits per heavy atom. The van der Waals surface area contributed by atoms with Crippen molar-refractivity contribution in [1.29, 1.82) is 0 Å². The van der Waals surface area contributed by atoms with Gasteiger partial charge < -0.3 is 0 Å². The molecule has 0 spiro atoms. The highest BCUT2D eigenvalue weighted by Gasteiger charge is 2.27.